The number of carbonyl (C=O) groups excluding carboxylic acids is 1. The molecule has 0 unspecified atom stereocenters. The van der Waals surface area contributed by atoms with Crippen LogP contribution in [-0.2, 0) is 17.8 Å². The second kappa shape index (κ2) is 10.1. The Bertz CT molecular complexity index is 1060. The Morgan fingerprint density at radius 2 is 1.90 bits per heavy atom. The van der Waals surface area contributed by atoms with E-state index in [2.05, 4.69) is 51.4 Å². The third kappa shape index (κ3) is 5.84. The van der Waals surface area contributed by atoms with Gasteiger partial charge >= 0.3 is 0 Å². The lowest BCUT2D eigenvalue weighted by molar-refractivity contribution is -0.115. The van der Waals surface area contributed by atoms with Crippen LogP contribution in [-0.4, -0.2) is 53.9 Å². The number of anilines is 1. The summed E-state index contributed by atoms with van der Waals surface area (Å²) in [6.45, 7) is 5.35. The van der Waals surface area contributed by atoms with Crippen LogP contribution in [0, 0.1) is 0 Å². The number of likely N-dealkylation sites (N-methyl/N-ethyl adjacent to an activating group) is 1. The van der Waals surface area contributed by atoms with E-state index in [9.17, 15) is 4.79 Å². The number of amides is 1. The maximum absolute atomic E-state index is 12.4. The molecule has 1 aliphatic heterocycles. The van der Waals surface area contributed by atoms with Crippen LogP contribution in [0.2, 0.25) is 10.0 Å². The van der Waals surface area contributed by atoms with Crippen LogP contribution in [0.3, 0.4) is 0 Å². The van der Waals surface area contributed by atoms with E-state index in [-0.39, 0.29) is 12.3 Å². The minimum Gasteiger partial charge on any atom is -0.324 e. The molecule has 31 heavy (non-hydrogen) atoms. The summed E-state index contributed by atoms with van der Waals surface area (Å²) < 4.78 is 0. The number of hydrogen-bond donors (Lipinski definition) is 1. The van der Waals surface area contributed by atoms with Gasteiger partial charge in [-0.05, 0) is 30.8 Å². The number of aromatic nitrogens is 1. The number of hydrogen-bond acceptors (Lipinski definition) is 5. The minimum absolute atomic E-state index is 0.176. The minimum atomic E-state index is -0.176. The number of nitrogens with zero attached hydrogens (tertiary/aromatic N) is 3. The molecule has 0 aliphatic carbocycles. The first-order valence-corrected chi connectivity index (χ1v) is 11.8. The van der Waals surface area contributed by atoms with Gasteiger partial charge < -0.3 is 10.2 Å². The van der Waals surface area contributed by atoms with Crippen molar-refractivity contribution in [2.75, 3.05) is 38.5 Å². The highest BCUT2D eigenvalue weighted by molar-refractivity contribution is 7.13. The van der Waals surface area contributed by atoms with Gasteiger partial charge in [0.1, 0.15) is 5.01 Å². The molecule has 1 fully saturated rings. The van der Waals surface area contributed by atoms with Gasteiger partial charge in [0, 0.05) is 43.7 Å². The Hall–Kier alpha value is -1.96. The largest absolute Gasteiger partial charge is 0.324 e. The number of halogens is 2. The molecular weight excluding hydrogens is 451 g/mol. The third-order valence-corrected chi connectivity index (χ3v) is 7.05. The monoisotopic (exact) mass is 474 g/mol. The van der Waals surface area contributed by atoms with Crippen LogP contribution < -0.4 is 5.32 Å². The fourth-order valence-corrected chi connectivity index (χ4v) is 4.71. The van der Waals surface area contributed by atoms with Crippen molar-refractivity contribution in [1.29, 1.82) is 0 Å². The Labute approximate surface area is 196 Å². The molecule has 1 N–H and O–H groups in total. The molecule has 0 spiro atoms. The molecule has 1 saturated heterocycles. The van der Waals surface area contributed by atoms with Crippen molar-refractivity contribution in [3.63, 3.8) is 0 Å². The van der Waals surface area contributed by atoms with Crippen molar-refractivity contribution in [2.45, 2.75) is 13.0 Å². The SMILES string of the molecule is CN1CCN(Cc2cccc(-c3nc(CC(=O)Nc4cccc(Cl)c4Cl)cs3)c2)CC1. The van der Waals surface area contributed by atoms with Crippen LogP contribution in [0.1, 0.15) is 11.3 Å². The van der Waals surface area contributed by atoms with E-state index in [1.807, 2.05) is 5.38 Å². The summed E-state index contributed by atoms with van der Waals surface area (Å²) in [4.78, 5) is 22.0. The molecule has 5 nitrogen and oxygen atoms in total. The average molecular weight is 475 g/mol. The molecule has 1 aromatic heterocycles. The van der Waals surface area contributed by atoms with Gasteiger partial charge in [-0.25, -0.2) is 4.98 Å². The van der Waals surface area contributed by atoms with Gasteiger partial charge in [-0.3, -0.25) is 9.69 Å². The van der Waals surface area contributed by atoms with Gasteiger partial charge in [-0.15, -0.1) is 11.3 Å². The fourth-order valence-electron chi connectivity index (χ4n) is 3.55. The standard InChI is InChI=1S/C23H24Cl2N4OS/c1-28-8-10-29(11-9-28)14-16-4-2-5-17(12-16)23-26-18(15-31-23)13-21(30)27-20-7-3-6-19(24)22(20)25/h2-7,12,15H,8-11,13-14H2,1H3,(H,27,30). The Morgan fingerprint density at radius 3 is 2.71 bits per heavy atom. The summed E-state index contributed by atoms with van der Waals surface area (Å²) >= 11 is 13.7. The molecule has 0 bridgehead atoms. The smallest absolute Gasteiger partial charge is 0.230 e. The molecule has 4 rings (SSSR count). The van der Waals surface area contributed by atoms with Crippen molar-refractivity contribution in [3.05, 3.63) is 69.1 Å². The van der Waals surface area contributed by atoms with Crippen LogP contribution in [0.15, 0.2) is 47.8 Å². The first kappa shape index (κ1) is 22.2. The second-order valence-electron chi connectivity index (χ2n) is 7.75. The van der Waals surface area contributed by atoms with Crippen molar-refractivity contribution in [3.8, 4) is 10.6 Å². The van der Waals surface area contributed by atoms with E-state index < -0.39 is 0 Å². The molecule has 1 aliphatic rings. The molecule has 2 heterocycles. The first-order chi connectivity index (χ1) is 15.0. The van der Waals surface area contributed by atoms with E-state index in [1.165, 1.54) is 5.56 Å². The highest BCUT2D eigenvalue weighted by Crippen LogP contribution is 2.30. The lowest BCUT2D eigenvalue weighted by Crippen LogP contribution is -2.43. The highest BCUT2D eigenvalue weighted by Gasteiger charge is 2.15. The number of nitrogens with one attached hydrogen (secondary N) is 1. The maximum atomic E-state index is 12.4. The normalized spacial score (nSPS) is 15.2. The van der Waals surface area contributed by atoms with Gasteiger partial charge in [0.2, 0.25) is 5.91 Å². The summed E-state index contributed by atoms with van der Waals surface area (Å²) in [7, 11) is 2.17. The van der Waals surface area contributed by atoms with E-state index in [0.29, 0.717) is 15.7 Å². The summed E-state index contributed by atoms with van der Waals surface area (Å²) in [6.07, 6.45) is 0.181. The zero-order valence-corrected chi connectivity index (χ0v) is 19.6. The number of carbonyl (C=O) groups is 1. The number of piperazine rings is 1. The van der Waals surface area contributed by atoms with Crippen LogP contribution >= 0.6 is 34.5 Å². The lowest BCUT2D eigenvalue weighted by Gasteiger charge is -2.32. The van der Waals surface area contributed by atoms with Crippen molar-refractivity contribution < 1.29 is 4.79 Å². The molecular formula is C23H24Cl2N4OS. The highest BCUT2D eigenvalue weighted by atomic mass is 35.5. The number of thiazole rings is 1. The molecule has 1 amide bonds. The number of benzene rings is 2. The van der Waals surface area contributed by atoms with Gasteiger partial charge in [0.15, 0.2) is 0 Å². The zero-order valence-electron chi connectivity index (χ0n) is 17.3. The molecule has 2 aromatic carbocycles. The Kier molecular flexibility index (Phi) is 7.25. The van der Waals surface area contributed by atoms with Crippen molar-refractivity contribution in [1.82, 2.24) is 14.8 Å². The van der Waals surface area contributed by atoms with E-state index in [1.54, 1.807) is 29.5 Å². The first-order valence-electron chi connectivity index (χ1n) is 10.2. The molecule has 3 aromatic rings. The Balaban J connectivity index is 1.39. The second-order valence-corrected chi connectivity index (χ2v) is 9.39. The molecule has 0 radical (unpaired) electrons. The molecule has 8 heteroatoms. The maximum Gasteiger partial charge on any atom is 0.230 e. The topological polar surface area (TPSA) is 48.5 Å². The van der Waals surface area contributed by atoms with E-state index >= 15 is 0 Å². The summed E-state index contributed by atoms with van der Waals surface area (Å²) in [5.74, 6) is -0.176. The number of rotatable bonds is 6. The Morgan fingerprint density at radius 1 is 1.13 bits per heavy atom. The quantitative estimate of drug-likeness (QED) is 0.543. The van der Waals surface area contributed by atoms with Crippen molar-refractivity contribution in [2.24, 2.45) is 0 Å². The fraction of sp³-hybridized carbons (Fsp3) is 0.304. The summed E-state index contributed by atoms with van der Waals surface area (Å²) in [5, 5.41) is 6.41. The molecule has 0 saturated carbocycles. The predicted molar refractivity (Wildman–Crippen MR) is 129 cm³/mol. The molecule has 0 atom stereocenters. The predicted octanol–water partition coefficient (Wildman–Crippen LogP) is 5.05. The van der Waals surface area contributed by atoms with Gasteiger partial charge in [0.05, 0.1) is 27.8 Å². The van der Waals surface area contributed by atoms with Crippen LogP contribution in [0.4, 0.5) is 5.69 Å². The van der Waals surface area contributed by atoms with E-state index in [4.69, 9.17) is 23.2 Å². The average Bonchev–Trinajstić information content (AvgIpc) is 3.22. The molecule has 162 valence electrons. The van der Waals surface area contributed by atoms with E-state index in [0.717, 1.165) is 49.0 Å². The van der Waals surface area contributed by atoms with Gasteiger partial charge in [-0.2, -0.15) is 0 Å². The van der Waals surface area contributed by atoms with Gasteiger partial charge in [0.25, 0.3) is 0 Å². The summed E-state index contributed by atoms with van der Waals surface area (Å²) in [6, 6.07) is 13.7. The van der Waals surface area contributed by atoms with Gasteiger partial charge in [-0.1, -0.05) is 47.5 Å². The zero-order chi connectivity index (χ0) is 21.8. The third-order valence-electron chi connectivity index (χ3n) is 5.30. The lowest BCUT2D eigenvalue weighted by atomic mass is 10.1. The van der Waals surface area contributed by atoms with Crippen molar-refractivity contribution >= 4 is 46.1 Å². The summed E-state index contributed by atoms with van der Waals surface area (Å²) in [5.41, 5.74) is 3.61. The van der Waals surface area contributed by atoms with Crippen LogP contribution in [0.25, 0.3) is 10.6 Å². The van der Waals surface area contributed by atoms with Crippen LogP contribution in [0.5, 0.6) is 0 Å².